The van der Waals surface area contributed by atoms with Crippen LogP contribution in [0.1, 0.15) is 10.4 Å². The van der Waals surface area contributed by atoms with E-state index in [-0.39, 0.29) is 5.91 Å². The molecule has 0 aliphatic carbocycles. The fraction of sp³-hybridized carbons (Fsp3) is 0.471. The molecule has 124 valence electrons. The highest BCUT2D eigenvalue weighted by Gasteiger charge is 2.19. The lowest BCUT2D eigenvalue weighted by atomic mass is 10.1. The summed E-state index contributed by atoms with van der Waals surface area (Å²) in [5, 5.41) is 11.3. The lowest BCUT2D eigenvalue weighted by molar-refractivity contribution is 0.00879. The molecule has 0 bridgehead atoms. The molecule has 1 amide bonds. The van der Waals surface area contributed by atoms with Crippen LogP contribution < -0.4 is 0 Å². The van der Waals surface area contributed by atoms with Crippen molar-refractivity contribution < 1.29 is 14.6 Å². The first-order valence-electron chi connectivity index (χ1n) is 7.94. The zero-order valence-corrected chi connectivity index (χ0v) is 13.4. The lowest BCUT2D eigenvalue weighted by Gasteiger charge is -2.30. The van der Waals surface area contributed by atoms with Crippen LogP contribution in [-0.4, -0.2) is 78.3 Å². The van der Waals surface area contributed by atoms with E-state index in [0.29, 0.717) is 31.9 Å². The van der Waals surface area contributed by atoms with Crippen LogP contribution in [-0.2, 0) is 4.74 Å². The maximum Gasteiger partial charge on any atom is 0.253 e. The molecule has 0 saturated carbocycles. The van der Waals surface area contributed by atoms with Crippen LogP contribution in [0.4, 0.5) is 0 Å². The Balaban J connectivity index is 1.57. The highest BCUT2D eigenvalue weighted by atomic mass is 16.5. The van der Waals surface area contributed by atoms with Gasteiger partial charge in [0.2, 0.25) is 0 Å². The summed E-state index contributed by atoms with van der Waals surface area (Å²) in [5.41, 5.74) is 1.57. The number of benzene rings is 1. The highest BCUT2D eigenvalue weighted by Crippen LogP contribution is 2.15. The number of amides is 1. The van der Waals surface area contributed by atoms with Crippen LogP contribution in [0.25, 0.3) is 10.9 Å². The number of nitrogens with zero attached hydrogens (tertiary/aromatic N) is 2. The maximum absolute atomic E-state index is 12.5. The van der Waals surface area contributed by atoms with Crippen LogP contribution in [0.15, 0.2) is 30.5 Å². The number of nitrogens with one attached hydrogen (secondary N) is 1. The number of hydrogen-bond donors (Lipinski definition) is 2. The van der Waals surface area contributed by atoms with E-state index in [0.717, 1.165) is 24.0 Å². The summed E-state index contributed by atoms with van der Waals surface area (Å²) in [6, 6.07) is 7.57. The van der Waals surface area contributed by atoms with E-state index in [4.69, 9.17) is 4.74 Å². The van der Waals surface area contributed by atoms with Gasteiger partial charge < -0.3 is 19.7 Å². The lowest BCUT2D eigenvalue weighted by Crippen LogP contribution is -2.45. The SMILES string of the molecule is CN(CC(O)CN1CCOCC1)C(=O)c1ccc2cc[nH]c2c1. The Morgan fingerprint density at radius 1 is 1.39 bits per heavy atom. The molecule has 1 aliphatic rings. The van der Waals surface area contributed by atoms with Gasteiger partial charge in [-0.2, -0.15) is 0 Å². The quantitative estimate of drug-likeness (QED) is 0.861. The number of aromatic amines is 1. The fourth-order valence-electron chi connectivity index (χ4n) is 2.94. The number of morpholine rings is 1. The number of ether oxygens (including phenoxy) is 1. The van der Waals surface area contributed by atoms with Crippen LogP contribution in [0.2, 0.25) is 0 Å². The van der Waals surface area contributed by atoms with Gasteiger partial charge in [0.15, 0.2) is 0 Å². The molecule has 0 radical (unpaired) electrons. The third kappa shape index (κ3) is 3.90. The molecule has 1 unspecified atom stereocenters. The largest absolute Gasteiger partial charge is 0.390 e. The van der Waals surface area contributed by atoms with Gasteiger partial charge in [-0.15, -0.1) is 0 Å². The van der Waals surface area contributed by atoms with Crippen molar-refractivity contribution >= 4 is 16.8 Å². The van der Waals surface area contributed by atoms with Crippen LogP contribution >= 0.6 is 0 Å². The van der Waals surface area contributed by atoms with Crippen molar-refractivity contribution in [2.24, 2.45) is 0 Å². The number of hydrogen-bond acceptors (Lipinski definition) is 4. The highest BCUT2D eigenvalue weighted by molar-refractivity contribution is 5.97. The van der Waals surface area contributed by atoms with Crippen molar-refractivity contribution in [3.63, 3.8) is 0 Å². The molecule has 2 heterocycles. The third-order valence-electron chi connectivity index (χ3n) is 4.21. The Morgan fingerprint density at radius 2 is 2.17 bits per heavy atom. The second-order valence-electron chi connectivity index (χ2n) is 6.03. The summed E-state index contributed by atoms with van der Waals surface area (Å²) in [5.74, 6) is -0.0810. The van der Waals surface area contributed by atoms with Crippen molar-refractivity contribution in [3.8, 4) is 0 Å². The second kappa shape index (κ2) is 7.12. The third-order valence-corrected chi connectivity index (χ3v) is 4.21. The fourth-order valence-corrected chi connectivity index (χ4v) is 2.94. The molecule has 6 nitrogen and oxygen atoms in total. The number of aromatic nitrogens is 1. The number of carbonyl (C=O) groups is 1. The first-order valence-corrected chi connectivity index (χ1v) is 7.94. The standard InChI is InChI=1S/C17H23N3O3/c1-19(11-15(21)12-20-6-8-23-9-7-20)17(22)14-3-2-13-4-5-18-16(13)10-14/h2-5,10,15,18,21H,6-9,11-12H2,1H3. The van der Waals surface area contributed by atoms with Crippen LogP contribution in [0, 0.1) is 0 Å². The van der Waals surface area contributed by atoms with Crippen LogP contribution in [0.5, 0.6) is 0 Å². The molecule has 1 aliphatic heterocycles. The second-order valence-corrected chi connectivity index (χ2v) is 6.03. The summed E-state index contributed by atoms with van der Waals surface area (Å²) in [6.45, 7) is 3.96. The summed E-state index contributed by atoms with van der Waals surface area (Å²) < 4.78 is 5.30. The van der Waals surface area contributed by atoms with E-state index < -0.39 is 6.10 Å². The van der Waals surface area contributed by atoms with Crippen molar-refractivity contribution in [3.05, 3.63) is 36.0 Å². The molecule has 1 saturated heterocycles. The normalized spacial score (nSPS) is 17.3. The van der Waals surface area contributed by atoms with Gasteiger partial charge in [0.25, 0.3) is 5.91 Å². The molecule has 0 spiro atoms. The average Bonchev–Trinajstić information content (AvgIpc) is 3.02. The minimum Gasteiger partial charge on any atom is -0.390 e. The van der Waals surface area contributed by atoms with Gasteiger partial charge in [-0.1, -0.05) is 6.07 Å². The Kier molecular flexibility index (Phi) is 4.95. The predicted molar refractivity (Wildman–Crippen MR) is 88.5 cm³/mol. The topological polar surface area (TPSA) is 68.8 Å². The van der Waals surface area contributed by atoms with Crippen molar-refractivity contribution in [1.82, 2.24) is 14.8 Å². The van der Waals surface area contributed by atoms with Gasteiger partial charge in [0.05, 0.1) is 19.3 Å². The van der Waals surface area contributed by atoms with Crippen molar-refractivity contribution in [2.75, 3.05) is 46.4 Å². The van der Waals surface area contributed by atoms with E-state index in [9.17, 15) is 9.90 Å². The summed E-state index contributed by atoms with van der Waals surface area (Å²) >= 11 is 0. The smallest absolute Gasteiger partial charge is 0.253 e. The summed E-state index contributed by atoms with van der Waals surface area (Å²) in [4.78, 5) is 19.4. The zero-order chi connectivity index (χ0) is 16.2. The number of H-pyrrole nitrogens is 1. The van der Waals surface area contributed by atoms with Gasteiger partial charge in [0, 0.05) is 50.5 Å². The number of rotatable bonds is 5. The van der Waals surface area contributed by atoms with E-state index in [2.05, 4.69) is 9.88 Å². The minimum absolute atomic E-state index is 0.0810. The Morgan fingerprint density at radius 3 is 2.96 bits per heavy atom. The zero-order valence-electron chi connectivity index (χ0n) is 13.4. The van der Waals surface area contributed by atoms with Crippen molar-refractivity contribution in [1.29, 1.82) is 0 Å². The van der Waals surface area contributed by atoms with Crippen molar-refractivity contribution in [2.45, 2.75) is 6.10 Å². The Labute approximate surface area is 135 Å². The van der Waals surface area contributed by atoms with Crippen LogP contribution in [0.3, 0.4) is 0 Å². The number of likely N-dealkylation sites (N-methyl/N-ethyl adjacent to an activating group) is 1. The average molecular weight is 317 g/mol. The Bertz CT molecular complexity index is 664. The molecule has 6 heteroatoms. The summed E-state index contributed by atoms with van der Waals surface area (Å²) in [6.07, 6.45) is 1.30. The molecule has 2 N–H and O–H groups in total. The molecule has 1 aromatic heterocycles. The monoisotopic (exact) mass is 317 g/mol. The number of fused-ring (bicyclic) bond motifs is 1. The van der Waals surface area contributed by atoms with E-state index >= 15 is 0 Å². The summed E-state index contributed by atoms with van der Waals surface area (Å²) in [7, 11) is 1.73. The van der Waals surface area contributed by atoms with E-state index in [1.165, 1.54) is 0 Å². The van der Waals surface area contributed by atoms with Gasteiger partial charge in [-0.3, -0.25) is 9.69 Å². The number of carbonyl (C=O) groups excluding carboxylic acids is 1. The number of β-amino-alcohol motifs (C(OH)–C–C–N with tert-alkyl or cyclic N) is 1. The van der Waals surface area contributed by atoms with Gasteiger partial charge in [0.1, 0.15) is 0 Å². The van der Waals surface area contributed by atoms with Gasteiger partial charge in [-0.05, 0) is 23.6 Å². The molecule has 1 atom stereocenters. The molecule has 2 aromatic rings. The van der Waals surface area contributed by atoms with Gasteiger partial charge in [-0.25, -0.2) is 0 Å². The predicted octanol–water partition coefficient (Wildman–Crippen LogP) is 0.933. The maximum atomic E-state index is 12.5. The molecular weight excluding hydrogens is 294 g/mol. The Hall–Kier alpha value is -1.89. The molecule has 3 rings (SSSR count). The molecular formula is C17H23N3O3. The first kappa shape index (κ1) is 16.0. The number of aliphatic hydroxyl groups is 1. The van der Waals surface area contributed by atoms with E-state index in [1.807, 2.05) is 30.5 Å². The minimum atomic E-state index is -0.559. The number of aliphatic hydroxyl groups excluding tert-OH is 1. The molecule has 1 aromatic carbocycles. The first-order chi connectivity index (χ1) is 11.1. The molecule has 23 heavy (non-hydrogen) atoms. The van der Waals surface area contributed by atoms with E-state index in [1.54, 1.807) is 11.9 Å². The van der Waals surface area contributed by atoms with Gasteiger partial charge >= 0.3 is 0 Å². The molecule has 1 fully saturated rings.